The summed E-state index contributed by atoms with van der Waals surface area (Å²) in [5.74, 6) is -1.25. The molecule has 5 nitrogen and oxygen atoms in total. The van der Waals surface area contributed by atoms with E-state index in [0.717, 1.165) is 4.31 Å². The number of rotatable bonds is 6. The monoisotopic (exact) mass is 387 g/mol. The maximum Gasteiger partial charge on any atom is 0.322 e. The molecule has 0 bridgehead atoms. The van der Waals surface area contributed by atoms with Crippen LogP contribution >= 0.6 is 23.2 Å². The lowest BCUT2D eigenvalue weighted by Gasteiger charge is -2.24. The van der Waals surface area contributed by atoms with Crippen molar-refractivity contribution >= 4 is 39.2 Å². The summed E-state index contributed by atoms with van der Waals surface area (Å²) in [5, 5.41) is 10.1. The van der Waals surface area contributed by atoms with Gasteiger partial charge in [-0.05, 0) is 36.2 Å². The van der Waals surface area contributed by atoms with Crippen LogP contribution in [0.3, 0.4) is 0 Å². The number of hydrogen-bond acceptors (Lipinski definition) is 3. The van der Waals surface area contributed by atoms with E-state index in [1.807, 2.05) is 0 Å². The van der Waals surface area contributed by atoms with Crippen molar-refractivity contribution in [1.82, 2.24) is 4.31 Å². The zero-order chi connectivity index (χ0) is 17.9. The Morgan fingerprint density at radius 3 is 2.29 bits per heavy atom. The lowest BCUT2D eigenvalue weighted by Crippen LogP contribution is -2.43. The predicted octanol–water partition coefficient (Wildman–Crippen LogP) is 3.31. The number of likely N-dealkylation sites (N-methyl/N-ethyl adjacent to an activating group) is 1. The molecule has 0 aliphatic heterocycles. The molecule has 1 atom stereocenters. The summed E-state index contributed by atoms with van der Waals surface area (Å²) in [5.41, 5.74) is 0.576. The molecular weight excluding hydrogens is 373 g/mol. The highest BCUT2D eigenvalue weighted by Crippen LogP contribution is 2.25. The lowest BCUT2D eigenvalue weighted by molar-refractivity contribution is -0.141. The van der Waals surface area contributed by atoms with Crippen LogP contribution in [-0.2, 0) is 21.2 Å². The molecule has 0 fully saturated rings. The Morgan fingerprint density at radius 1 is 1.12 bits per heavy atom. The van der Waals surface area contributed by atoms with Gasteiger partial charge >= 0.3 is 5.97 Å². The first-order valence-corrected chi connectivity index (χ1v) is 9.13. The van der Waals surface area contributed by atoms with E-state index in [1.54, 1.807) is 30.3 Å². The predicted molar refractivity (Wildman–Crippen MR) is 93.0 cm³/mol. The van der Waals surface area contributed by atoms with Gasteiger partial charge in [-0.2, -0.15) is 4.31 Å². The molecule has 2 rings (SSSR count). The maximum atomic E-state index is 12.6. The molecule has 128 valence electrons. The Kier molecular flexibility index (Phi) is 5.87. The zero-order valence-electron chi connectivity index (χ0n) is 12.7. The SMILES string of the molecule is CN(C(Cc1ccc(Cl)c(Cl)c1)C(=O)O)S(=O)(=O)c1ccccc1. The van der Waals surface area contributed by atoms with Crippen LogP contribution < -0.4 is 0 Å². The van der Waals surface area contributed by atoms with Crippen LogP contribution in [0.15, 0.2) is 53.4 Å². The Bertz CT molecular complexity index is 840. The lowest BCUT2D eigenvalue weighted by atomic mass is 10.1. The fourth-order valence-corrected chi connectivity index (χ4v) is 3.84. The molecule has 1 N–H and O–H groups in total. The molecule has 0 spiro atoms. The Morgan fingerprint density at radius 2 is 1.75 bits per heavy atom. The normalized spacial score (nSPS) is 13.0. The molecule has 0 radical (unpaired) electrons. The van der Waals surface area contributed by atoms with Crippen molar-refractivity contribution in [2.45, 2.75) is 17.4 Å². The second kappa shape index (κ2) is 7.53. The van der Waals surface area contributed by atoms with Crippen LogP contribution in [0.4, 0.5) is 0 Å². The summed E-state index contributed by atoms with van der Waals surface area (Å²) in [6.45, 7) is 0. The zero-order valence-corrected chi connectivity index (χ0v) is 15.0. The Hall–Kier alpha value is -1.60. The summed E-state index contributed by atoms with van der Waals surface area (Å²) >= 11 is 11.8. The van der Waals surface area contributed by atoms with Crippen LogP contribution in [0.25, 0.3) is 0 Å². The van der Waals surface area contributed by atoms with Gasteiger partial charge in [-0.25, -0.2) is 8.42 Å². The van der Waals surface area contributed by atoms with E-state index in [0.29, 0.717) is 10.6 Å². The molecule has 8 heteroatoms. The molecule has 0 amide bonds. The number of halogens is 2. The number of carboxylic acids is 1. The van der Waals surface area contributed by atoms with Crippen LogP contribution in [0, 0.1) is 0 Å². The van der Waals surface area contributed by atoms with Crippen molar-refractivity contribution < 1.29 is 18.3 Å². The molecule has 0 aliphatic carbocycles. The highest BCUT2D eigenvalue weighted by Gasteiger charge is 2.32. The molecule has 0 saturated carbocycles. The quantitative estimate of drug-likeness (QED) is 0.824. The van der Waals surface area contributed by atoms with Crippen LogP contribution in [0.2, 0.25) is 10.0 Å². The first-order valence-electron chi connectivity index (χ1n) is 6.93. The van der Waals surface area contributed by atoms with Gasteiger partial charge < -0.3 is 5.11 Å². The van der Waals surface area contributed by atoms with Crippen molar-refractivity contribution in [3.8, 4) is 0 Å². The highest BCUT2D eigenvalue weighted by molar-refractivity contribution is 7.89. The highest BCUT2D eigenvalue weighted by atomic mass is 35.5. The third-order valence-electron chi connectivity index (χ3n) is 3.56. The standard InChI is InChI=1S/C16H15Cl2NO4S/c1-19(24(22,23)12-5-3-2-4-6-12)15(16(20)21)10-11-7-8-13(17)14(18)9-11/h2-9,15H,10H2,1H3,(H,20,21). The van der Waals surface area contributed by atoms with Crippen LogP contribution in [0.5, 0.6) is 0 Å². The molecule has 0 saturated heterocycles. The van der Waals surface area contributed by atoms with E-state index in [4.69, 9.17) is 23.2 Å². The van der Waals surface area contributed by atoms with Gasteiger partial charge in [0.1, 0.15) is 6.04 Å². The molecule has 2 aromatic rings. The van der Waals surface area contributed by atoms with Gasteiger partial charge in [0.05, 0.1) is 14.9 Å². The van der Waals surface area contributed by atoms with Gasteiger partial charge in [-0.15, -0.1) is 0 Å². The fraction of sp³-hybridized carbons (Fsp3) is 0.188. The van der Waals surface area contributed by atoms with E-state index in [-0.39, 0.29) is 16.3 Å². The summed E-state index contributed by atoms with van der Waals surface area (Å²) in [4.78, 5) is 11.6. The van der Waals surface area contributed by atoms with Gasteiger partial charge in [0, 0.05) is 7.05 Å². The largest absolute Gasteiger partial charge is 0.480 e. The van der Waals surface area contributed by atoms with E-state index in [9.17, 15) is 18.3 Å². The number of nitrogens with zero attached hydrogens (tertiary/aromatic N) is 1. The minimum Gasteiger partial charge on any atom is -0.480 e. The number of aliphatic carboxylic acids is 1. The van der Waals surface area contributed by atoms with Gasteiger partial charge in [0.25, 0.3) is 0 Å². The smallest absolute Gasteiger partial charge is 0.322 e. The average Bonchev–Trinajstić information content (AvgIpc) is 2.55. The van der Waals surface area contributed by atoms with E-state index in [1.165, 1.54) is 25.2 Å². The molecule has 2 aromatic carbocycles. The molecule has 0 heterocycles. The first-order chi connectivity index (χ1) is 11.2. The third-order valence-corrected chi connectivity index (χ3v) is 6.18. The Balaban J connectivity index is 2.33. The van der Waals surface area contributed by atoms with E-state index >= 15 is 0 Å². The number of benzene rings is 2. The number of carboxylic acid groups (broad SMARTS) is 1. The second-order valence-electron chi connectivity index (χ2n) is 5.14. The summed E-state index contributed by atoms with van der Waals surface area (Å²) in [6.07, 6.45) is -0.0330. The number of hydrogen-bond donors (Lipinski definition) is 1. The van der Waals surface area contributed by atoms with Crippen molar-refractivity contribution in [1.29, 1.82) is 0 Å². The summed E-state index contributed by atoms with van der Waals surface area (Å²) < 4.78 is 26.1. The fourth-order valence-electron chi connectivity index (χ4n) is 2.19. The number of carbonyl (C=O) groups is 1. The van der Waals surface area contributed by atoms with Gasteiger partial charge in [-0.1, -0.05) is 47.5 Å². The molecule has 1 unspecified atom stereocenters. The van der Waals surface area contributed by atoms with Crippen molar-refractivity contribution in [3.63, 3.8) is 0 Å². The topological polar surface area (TPSA) is 74.7 Å². The van der Waals surface area contributed by atoms with Crippen molar-refractivity contribution in [3.05, 3.63) is 64.1 Å². The van der Waals surface area contributed by atoms with E-state index < -0.39 is 22.0 Å². The maximum absolute atomic E-state index is 12.6. The van der Waals surface area contributed by atoms with Crippen LogP contribution in [-0.4, -0.2) is 36.9 Å². The van der Waals surface area contributed by atoms with Crippen LogP contribution in [0.1, 0.15) is 5.56 Å². The van der Waals surface area contributed by atoms with Gasteiger partial charge in [0.2, 0.25) is 10.0 Å². The van der Waals surface area contributed by atoms with E-state index in [2.05, 4.69) is 0 Å². The van der Waals surface area contributed by atoms with Crippen molar-refractivity contribution in [2.24, 2.45) is 0 Å². The second-order valence-corrected chi connectivity index (χ2v) is 7.95. The van der Waals surface area contributed by atoms with Gasteiger partial charge in [-0.3, -0.25) is 4.79 Å². The summed E-state index contributed by atoms with van der Waals surface area (Å²) in [7, 11) is -2.68. The minimum atomic E-state index is -3.93. The molecule has 0 aliphatic rings. The first kappa shape index (κ1) is 18.7. The Labute approximate surface area is 150 Å². The number of sulfonamides is 1. The van der Waals surface area contributed by atoms with Crippen molar-refractivity contribution in [2.75, 3.05) is 7.05 Å². The molecule has 24 heavy (non-hydrogen) atoms. The third kappa shape index (κ3) is 4.08. The molecule has 0 aromatic heterocycles. The molecular formula is C16H15Cl2NO4S. The van der Waals surface area contributed by atoms with Gasteiger partial charge in [0.15, 0.2) is 0 Å². The summed E-state index contributed by atoms with van der Waals surface area (Å²) in [6, 6.07) is 11.1. The average molecular weight is 388 g/mol. The minimum absolute atomic E-state index is 0.0330.